The van der Waals surface area contributed by atoms with Crippen LogP contribution in [0, 0.1) is 0 Å². The molecule has 0 fully saturated rings. The minimum atomic E-state index is -0.292. The van der Waals surface area contributed by atoms with Crippen LogP contribution in [0.25, 0.3) is 11.3 Å². The molecule has 2 aromatic carbocycles. The van der Waals surface area contributed by atoms with Gasteiger partial charge < -0.3 is 24.1 Å². The topological polar surface area (TPSA) is 87.0 Å². The number of carbonyl (C=O) groups excluding carboxylic acids is 1. The number of carbonyl (C=O) groups is 1. The first-order chi connectivity index (χ1) is 14.6. The summed E-state index contributed by atoms with van der Waals surface area (Å²) in [5, 5.41) is 2.92. The fourth-order valence-electron chi connectivity index (χ4n) is 3.33. The van der Waals surface area contributed by atoms with Gasteiger partial charge in [0.1, 0.15) is 0 Å². The molecule has 4 rings (SSSR count). The van der Waals surface area contributed by atoms with Crippen LogP contribution in [0.1, 0.15) is 16.8 Å². The van der Waals surface area contributed by atoms with E-state index in [0.29, 0.717) is 34.4 Å². The van der Waals surface area contributed by atoms with Crippen LogP contribution in [0.3, 0.4) is 0 Å². The summed E-state index contributed by atoms with van der Waals surface area (Å²) >= 11 is 0. The molecule has 0 saturated heterocycles. The first kappa shape index (κ1) is 19.5. The van der Waals surface area contributed by atoms with E-state index < -0.39 is 0 Å². The molecule has 2 heterocycles. The van der Waals surface area contributed by atoms with Crippen molar-refractivity contribution in [2.45, 2.75) is 13.0 Å². The summed E-state index contributed by atoms with van der Waals surface area (Å²) in [5.41, 5.74) is 2.75. The van der Waals surface area contributed by atoms with E-state index in [4.69, 9.17) is 14.2 Å². The number of aromatic nitrogens is 2. The SMILES string of the molecule is COc1cc(C(=O)Nc2cccc(-c3cn4c(n3)N=CCC4)c2)cc(OC)c1OC. The fourth-order valence-corrected chi connectivity index (χ4v) is 3.33. The number of ether oxygens (including phenoxy) is 3. The van der Waals surface area contributed by atoms with E-state index in [0.717, 1.165) is 24.2 Å². The Morgan fingerprint density at radius 3 is 2.50 bits per heavy atom. The first-order valence-electron chi connectivity index (χ1n) is 9.44. The Morgan fingerprint density at radius 2 is 1.83 bits per heavy atom. The number of nitrogens with one attached hydrogen (secondary N) is 1. The van der Waals surface area contributed by atoms with Gasteiger partial charge in [-0.3, -0.25) is 4.79 Å². The van der Waals surface area contributed by atoms with Crippen LogP contribution in [0.15, 0.2) is 47.6 Å². The number of nitrogens with zero attached hydrogens (tertiary/aromatic N) is 3. The highest BCUT2D eigenvalue weighted by Gasteiger charge is 2.17. The second-order valence-electron chi connectivity index (χ2n) is 6.67. The zero-order valence-corrected chi connectivity index (χ0v) is 17.0. The number of fused-ring (bicyclic) bond motifs is 1. The molecule has 1 aliphatic heterocycles. The van der Waals surface area contributed by atoms with E-state index >= 15 is 0 Å². The minimum Gasteiger partial charge on any atom is -0.493 e. The molecule has 154 valence electrons. The predicted octanol–water partition coefficient (Wildman–Crippen LogP) is 3.93. The summed E-state index contributed by atoms with van der Waals surface area (Å²) in [7, 11) is 4.54. The van der Waals surface area contributed by atoms with Crippen molar-refractivity contribution in [3.63, 3.8) is 0 Å². The fraction of sp³-hybridized carbons (Fsp3) is 0.227. The number of imidazole rings is 1. The van der Waals surface area contributed by atoms with Gasteiger partial charge in [0.2, 0.25) is 11.7 Å². The molecule has 1 amide bonds. The molecule has 3 aromatic rings. The van der Waals surface area contributed by atoms with Crippen molar-refractivity contribution in [1.29, 1.82) is 0 Å². The van der Waals surface area contributed by atoms with Gasteiger partial charge in [-0.1, -0.05) is 12.1 Å². The van der Waals surface area contributed by atoms with Gasteiger partial charge in [-0.25, -0.2) is 9.98 Å². The molecule has 8 heteroatoms. The molecule has 0 spiro atoms. The lowest BCUT2D eigenvalue weighted by Gasteiger charge is -2.14. The van der Waals surface area contributed by atoms with Crippen LogP contribution in [0.4, 0.5) is 11.6 Å². The van der Waals surface area contributed by atoms with Crippen LogP contribution in [0.5, 0.6) is 17.2 Å². The maximum Gasteiger partial charge on any atom is 0.255 e. The Kier molecular flexibility index (Phi) is 5.38. The molecule has 0 aliphatic carbocycles. The van der Waals surface area contributed by atoms with E-state index in [-0.39, 0.29) is 5.91 Å². The lowest BCUT2D eigenvalue weighted by Crippen LogP contribution is -2.12. The van der Waals surface area contributed by atoms with Crippen molar-refractivity contribution in [2.24, 2.45) is 4.99 Å². The van der Waals surface area contributed by atoms with E-state index in [1.807, 2.05) is 41.2 Å². The highest BCUT2D eigenvalue weighted by molar-refractivity contribution is 6.05. The Labute approximate surface area is 174 Å². The standard InChI is InChI=1S/C22H22N4O4/c1-28-18-11-15(12-19(29-2)20(18)30-3)21(27)24-16-7-4-6-14(10-16)17-13-26-9-5-8-23-22(26)25-17/h4,6-8,10-13H,5,9H2,1-3H3,(H,24,27). The van der Waals surface area contributed by atoms with Gasteiger partial charge in [-0.2, -0.15) is 0 Å². The predicted molar refractivity (Wildman–Crippen MR) is 114 cm³/mol. The normalized spacial score (nSPS) is 12.2. The van der Waals surface area contributed by atoms with E-state index in [9.17, 15) is 4.79 Å². The summed E-state index contributed by atoms with van der Waals surface area (Å²) in [6.45, 7) is 0.864. The number of hydrogen-bond acceptors (Lipinski definition) is 6. The maximum absolute atomic E-state index is 12.9. The highest BCUT2D eigenvalue weighted by atomic mass is 16.5. The lowest BCUT2D eigenvalue weighted by molar-refractivity contribution is 0.102. The van der Waals surface area contributed by atoms with Crippen LogP contribution in [0.2, 0.25) is 0 Å². The number of rotatable bonds is 6. The second-order valence-corrected chi connectivity index (χ2v) is 6.67. The van der Waals surface area contributed by atoms with Gasteiger partial charge in [-0.15, -0.1) is 0 Å². The third-order valence-electron chi connectivity index (χ3n) is 4.80. The number of amides is 1. The minimum absolute atomic E-state index is 0.292. The van der Waals surface area contributed by atoms with Crippen molar-refractivity contribution < 1.29 is 19.0 Å². The quantitative estimate of drug-likeness (QED) is 0.670. The van der Waals surface area contributed by atoms with E-state index in [1.165, 1.54) is 21.3 Å². The zero-order valence-electron chi connectivity index (χ0n) is 17.0. The van der Waals surface area contributed by atoms with E-state index in [1.54, 1.807) is 12.1 Å². The monoisotopic (exact) mass is 406 g/mol. The lowest BCUT2D eigenvalue weighted by atomic mass is 10.1. The Balaban J connectivity index is 1.59. The average Bonchev–Trinajstić information content (AvgIpc) is 3.22. The van der Waals surface area contributed by atoms with Crippen molar-refractivity contribution in [3.05, 3.63) is 48.2 Å². The smallest absolute Gasteiger partial charge is 0.255 e. The van der Waals surface area contributed by atoms with Gasteiger partial charge >= 0.3 is 0 Å². The summed E-state index contributed by atoms with van der Waals surface area (Å²) < 4.78 is 18.0. The van der Waals surface area contributed by atoms with Gasteiger partial charge in [0, 0.05) is 42.2 Å². The van der Waals surface area contributed by atoms with Crippen molar-refractivity contribution >= 4 is 23.8 Å². The third kappa shape index (κ3) is 3.71. The highest BCUT2D eigenvalue weighted by Crippen LogP contribution is 2.38. The third-order valence-corrected chi connectivity index (χ3v) is 4.80. The Morgan fingerprint density at radius 1 is 1.07 bits per heavy atom. The molecule has 0 bridgehead atoms. The molecule has 0 radical (unpaired) electrons. The number of hydrogen-bond donors (Lipinski definition) is 1. The molecule has 1 aromatic heterocycles. The Hall–Kier alpha value is -3.81. The average molecular weight is 406 g/mol. The summed E-state index contributed by atoms with van der Waals surface area (Å²) in [4.78, 5) is 21.7. The van der Waals surface area contributed by atoms with Crippen LogP contribution in [-0.4, -0.2) is 43.0 Å². The van der Waals surface area contributed by atoms with Gasteiger partial charge in [0.15, 0.2) is 11.5 Å². The number of benzene rings is 2. The second kappa shape index (κ2) is 8.28. The molecule has 1 aliphatic rings. The molecule has 1 N–H and O–H groups in total. The molecule has 8 nitrogen and oxygen atoms in total. The van der Waals surface area contributed by atoms with Crippen molar-refractivity contribution in [3.8, 4) is 28.5 Å². The van der Waals surface area contributed by atoms with E-state index in [2.05, 4.69) is 15.3 Å². The molecule has 0 unspecified atom stereocenters. The largest absolute Gasteiger partial charge is 0.493 e. The number of aryl methyl sites for hydroxylation is 1. The number of aliphatic imine (C=N–C) groups is 1. The molecular weight excluding hydrogens is 384 g/mol. The Bertz CT molecular complexity index is 1100. The first-order valence-corrected chi connectivity index (χ1v) is 9.44. The van der Waals surface area contributed by atoms with Gasteiger partial charge in [0.05, 0.1) is 27.0 Å². The molecule has 30 heavy (non-hydrogen) atoms. The number of anilines is 1. The molecule has 0 saturated carbocycles. The molecule has 0 atom stereocenters. The summed E-state index contributed by atoms with van der Waals surface area (Å²) in [6.07, 6.45) is 4.75. The van der Waals surface area contributed by atoms with Crippen LogP contribution >= 0.6 is 0 Å². The summed E-state index contributed by atoms with van der Waals surface area (Å²) in [6, 6.07) is 10.8. The van der Waals surface area contributed by atoms with Gasteiger partial charge in [-0.05, 0) is 24.3 Å². The van der Waals surface area contributed by atoms with Crippen molar-refractivity contribution in [2.75, 3.05) is 26.6 Å². The molecular formula is C22H22N4O4. The van der Waals surface area contributed by atoms with Crippen LogP contribution in [-0.2, 0) is 6.54 Å². The van der Waals surface area contributed by atoms with Crippen molar-refractivity contribution in [1.82, 2.24) is 9.55 Å². The number of methoxy groups -OCH3 is 3. The maximum atomic E-state index is 12.9. The van der Waals surface area contributed by atoms with Gasteiger partial charge in [0.25, 0.3) is 5.91 Å². The summed E-state index contributed by atoms with van der Waals surface area (Å²) in [5.74, 6) is 1.67. The van der Waals surface area contributed by atoms with Crippen LogP contribution < -0.4 is 19.5 Å². The zero-order chi connectivity index (χ0) is 21.1.